The zero-order valence-electron chi connectivity index (χ0n) is 9.53. The number of rotatable bonds is 4. The lowest BCUT2D eigenvalue weighted by atomic mass is 10.0. The normalized spacial score (nSPS) is 22.7. The molecule has 1 saturated heterocycles. The van der Waals surface area contributed by atoms with Crippen molar-refractivity contribution in [2.75, 3.05) is 6.54 Å². The Morgan fingerprint density at radius 2 is 2.13 bits per heavy atom. The fraction of sp³-hybridized carbons (Fsp3) is 0.818. The summed E-state index contributed by atoms with van der Waals surface area (Å²) in [6, 6.07) is -0.471. The molecule has 0 radical (unpaired) electrons. The smallest absolute Gasteiger partial charge is 0.246 e. The van der Waals surface area contributed by atoms with Gasteiger partial charge in [0.25, 0.3) is 0 Å². The third-order valence-electron chi connectivity index (χ3n) is 2.72. The molecule has 0 spiro atoms. The van der Waals surface area contributed by atoms with E-state index in [-0.39, 0.29) is 11.8 Å². The average molecular weight is 212 g/mol. The number of carbonyl (C=O) groups is 2. The van der Waals surface area contributed by atoms with Gasteiger partial charge < -0.3 is 5.73 Å². The van der Waals surface area contributed by atoms with Gasteiger partial charge in [-0.3, -0.25) is 14.5 Å². The monoisotopic (exact) mass is 212 g/mol. The Morgan fingerprint density at radius 1 is 1.47 bits per heavy atom. The van der Waals surface area contributed by atoms with E-state index in [1.54, 1.807) is 0 Å². The van der Waals surface area contributed by atoms with Crippen molar-refractivity contribution in [2.45, 2.75) is 45.6 Å². The molecule has 1 rings (SSSR count). The van der Waals surface area contributed by atoms with Crippen LogP contribution in [0.1, 0.15) is 39.5 Å². The maximum Gasteiger partial charge on any atom is 0.246 e. The van der Waals surface area contributed by atoms with Crippen molar-refractivity contribution in [2.24, 2.45) is 11.7 Å². The summed E-state index contributed by atoms with van der Waals surface area (Å²) >= 11 is 0. The van der Waals surface area contributed by atoms with Gasteiger partial charge in [0.05, 0.1) is 6.04 Å². The number of imide groups is 1. The van der Waals surface area contributed by atoms with Crippen LogP contribution in [0.2, 0.25) is 0 Å². The molecule has 1 aliphatic rings. The number of amides is 2. The Morgan fingerprint density at radius 3 is 2.73 bits per heavy atom. The van der Waals surface area contributed by atoms with Crippen LogP contribution < -0.4 is 5.73 Å². The highest BCUT2D eigenvalue weighted by molar-refractivity contribution is 6.00. The Hall–Kier alpha value is -0.900. The van der Waals surface area contributed by atoms with E-state index in [4.69, 9.17) is 5.73 Å². The largest absolute Gasteiger partial charge is 0.320 e. The maximum atomic E-state index is 11.6. The molecule has 0 saturated carbocycles. The quantitative estimate of drug-likeness (QED) is 0.704. The van der Waals surface area contributed by atoms with Crippen LogP contribution in [0.5, 0.6) is 0 Å². The zero-order valence-corrected chi connectivity index (χ0v) is 9.53. The number of hydrogen-bond acceptors (Lipinski definition) is 3. The van der Waals surface area contributed by atoms with Crippen LogP contribution in [0.25, 0.3) is 0 Å². The van der Waals surface area contributed by atoms with Crippen LogP contribution >= 0.6 is 0 Å². The number of likely N-dealkylation sites (tertiary alicyclic amines) is 1. The molecule has 1 atom stereocenters. The van der Waals surface area contributed by atoms with E-state index < -0.39 is 6.04 Å². The number of nitrogens with zero attached hydrogens (tertiary/aromatic N) is 1. The predicted molar refractivity (Wildman–Crippen MR) is 58.0 cm³/mol. The fourth-order valence-electron chi connectivity index (χ4n) is 1.75. The molecule has 4 nitrogen and oxygen atoms in total. The average Bonchev–Trinajstić information content (AvgIpc) is 2.17. The van der Waals surface area contributed by atoms with Gasteiger partial charge in [0.1, 0.15) is 0 Å². The van der Waals surface area contributed by atoms with Gasteiger partial charge in [-0.1, -0.05) is 13.8 Å². The third kappa shape index (κ3) is 3.30. The molecule has 1 fully saturated rings. The molecule has 1 unspecified atom stereocenters. The first kappa shape index (κ1) is 12.2. The lowest BCUT2D eigenvalue weighted by Crippen LogP contribution is -2.51. The Balaban J connectivity index is 2.43. The zero-order chi connectivity index (χ0) is 11.4. The molecule has 1 aliphatic heterocycles. The summed E-state index contributed by atoms with van der Waals surface area (Å²) in [5.74, 6) is 0.342. The molecular weight excluding hydrogens is 192 g/mol. The van der Waals surface area contributed by atoms with Gasteiger partial charge in [0.2, 0.25) is 11.8 Å². The topological polar surface area (TPSA) is 63.4 Å². The van der Waals surface area contributed by atoms with Gasteiger partial charge in [0.15, 0.2) is 0 Å². The Bertz CT molecular complexity index is 251. The highest BCUT2D eigenvalue weighted by atomic mass is 16.2. The maximum absolute atomic E-state index is 11.6. The van der Waals surface area contributed by atoms with Crippen LogP contribution in [-0.2, 0) is 9.59 Å². The van der Waals surface area contributed by atoms with Crippen molar-refractivity contribution >= 4 is 11.8 Å². The molecule has 0 aromatic carbocycles. The molecule has 2 N–H and O–H groups in total. The van der Waals surface area contributed by atoms with Crippen LogP contribution in [0.4, 0.5) is 0 Å². The number of piperidine rings is 1. The van der Waals surface area contributed by atoms with E-state index in [0.717, 1.165) is 12.8 Å². The van der Waals surface area contributed by atoms with E-state index in [1.165, 1.54) is 4.90 Å². The number of carbonyl (C=O) groups excluding carboxylic acids is 2. The van der Waals surface area contributed by atoms with Gasteiger partial charge >= 0.3 is 0 Å². The van der Waals surface area contributed by atoms with Gasteiger partial charge in [0, 0.05) is 13.0 Å². The van der Waals surface area contributed by atoms with Crippen molar-refractivity contribution < 1.29 is 9.59 Å². The molecular formula is C11H20N2O2. The van der Waals surface area contributed by atoms with Crippen LogP contribution in [0.3, 0.4) is 0 Å². The summed E-state index contributed by atoms with van der Waals surface area (Å²) in [4.78, 5) is 24.4. The second kappa shape index (κ2) is 5.26. The second-order valence-corrected chi connectivity index (χ2v) is 4.56. The Kier molecular flexibility index (Phi) is 4.27. The van der Waals surface area contributed by atoms with E-state index in [2.05, 4.69) is 13.8 Å². The van der Waals surface area contributed by atoms with E-state index >= 15 is 0 Å². The molecule has 4 heteroatoms. The molecule has 0 aromatic rings. The van der Waals surface area contributed by atoms with Gasteiger partial charge in [-0.15, -0.1) is 0 Å². The number of nitrogens with two attached hydrogens (primary N) is 1. The summed E-state index contributed by atoms with van der Waals surface area (Å²) in [5, 5.41) is 0. The summed E-state index contributed by atoms with van der Waals surface area (Å²) in [6.45, 7) is 4.79. The van der Waals surface area contributed by atoms with E-state index in [1.807, 2.05) is 0 Å². The fourth-order valence-corrected chi connectivity index (χ4v) is 1.75. The first-order valence-electron chi connectivity index (χ1n) is 5.62. The summed E-state index contributed by atoms with van der Waals surface area (Å²) < 4.78 is 0. The van der Waals surface area contributed by atoms with Crippen LogP contribution in [0.15, 0.2) is 0 Å². The highest BCUT2D eigenvalue weighted by Gasteiger charge is 2.31. The first-order valence-corrected chi connectivity index (χ1v) is 5.62. The third-order valence-corrected chi connectivity index (χ3v) is 2.72. The van der Waals surface area contributed by atoms with Crippen molar-refractivity contribution in [1.82, 2.24) is 4.90 Å². The molecule has 2 amide bonds. The van der Waals surface area contributed by atoms with Crippen molar-refractivity contribution in [1.29, 1.82) is 0 Å². The lowest BCUT2D eigenvalue weighted by Gasteiger charge is -2.28. The van der Waals surface area contributed by atoms with Gasteiger partial charge in [-0.25, -0.2) is 0 Å². The van der Waals surface area contributed by atoms with Crippen LogP contribution in [-0.4, -0.2) is 29.3 Å². The molecule has 1 heterocycles. The van der Waals surface area contributed by atoms with E-state index in [0.29, 0.717) is 25.3 Å². The standard InChI is InChI=1S/C11H20N2O2/c1-8(2)4-3-7-13-10(14)6-5-9(12)11(13)15/h8-9H,3-7,12H2,1-2H3. The predicted octanol–water partition coefficient (Wildman–Crippen LogP) is 0.899. The number of hydrogen-bond donors (Lipinski definition) is 1. The van der Waals surface area contributed by atoms with Crippen molar-refractivity contribution in [3.8, 4) is 0 Å². The molecule has 15 heavy (non-hydrogen) atoms. The highest BCUT2D eigenvalue weighted by Crippen LogP contribution is 2.13. The second-order valence-electron chi connectivity index (χ2n) is 4.56. The lowest BCUT2D eigenvalue weighted by molar-refractivity contribution is -0.149. The molecule has 86 valence electrons. The molecule has 0 aliphatic carbocycles. The molecule has 0 bridgehead atoms. The van der Waals surface area contributed by atoms with E-state index in [9.17, 15) is 9.59 Å². The first-order chi connectivity index (χ1) is 7.02. The minimum atomic E-state index is -0.471. The summed E-state index contributed by atoms with van der Waals surface area (Å²) in [7, 11) is 0. The van der Waals surface area contributed by atoms with Gasteiger partial charge in [-0.2, -0.15) is 0 Å². The minimum Gasteiger partial charge on any atom is -0.320 e. The molecule has 0 aromatic heterocycles. The van der Waals surface area contributed by atoms with Crippen molar-refractivity contribution in [3.63, 3.8) is 0 Å². The Labute approximate surface area is 90.8 Å². The minimum absolute atomic E-state index is 0.0644. The summed E-state index contributed by atoms with van der Waals surface area (Å²) in [5.41, 5.74) is 5.62. The van der Waals surface area contributed by atoms with Gasteiger partial charge in [-0.05, 0) is 25.2 Å². The summed E-state index contributed by atoms with van der Waals surface area (Å²) in [6.07, 6.45) is 2.82. The SMILES string of the molecule is CC(C)CCCN1C(=O)CCC(N)C1=O. The van der Waals surface area contributed by atoms with Crippen molar-refractivity contribution in [3.05, 3.63) is 0 Å². The van der Waals surface area contributed by atoms with Crippen LogP contribution in [0, 0.1) is 5.92 Å².